The molecular weight excluding hydrogens is 369 g/mol. The molecule has 0 bridgehead atoms. The maximum Gasteiger partial charge on any atom is 0.281 e. The molecule has 2 heterocycles. The Kier molecular flexibility index (Phi) is 6.83. The summed E-state index contributed by atoms with van der Waals surface area (Å²) in [7, 11) is -3.50. The van der Waals surface area contributed by atoms with Crippen LogP contribution in [0.25, 0.3) is 0 Å². The Labute approximate surface area is 160 Å². The summed E-state index contributed by atoms with van der Waals surface area (Å²) in [6.45, 7) is 2.16. The van der Waals surface area contributed by atoms with Crippen LogP contribution in [0, 0.1) is 11.7 Å². The van der Waals surface area contributed by atoms with Gasteiger partial charge in [0.1, 0.15) is 5.82 Å². The Hall–Kier alpha value is -1.51. The van der Waals surface area contributed by atoms with Crippen molar-refractivity contribution < 1.29 is 17.6 Å². The first-order valence-electron chi connectivity index (χ1n) is 9.74. The third-order valence-corrected chi connectivity index (χ3v) is 7.35. The number of hydrogen-bond donors (Lipinski definition) is 1. The van der Waals surface area contributed by atoms with Gasteiger partial charge in [-0.15, -0.1) is 0 Å². The fraction of sp³-hybridized carbons (Fsp3) is 0.632. The van der Waals surface area contributed by atoms with Gasteiger partial charge in [0.05, 0.1) is 5.92 Å². The average molecular weight is 398 g/mol. The molecular formula is C19H28FN3O3S. The fourth-order valence-electron chi connectivity index (χ4n) is 3.74. The Morgan fingerprint density at radius 3 is 2.30 bits per heavy atom. The normalized spacial score (nSPS) is 22.9. The van der Waals surface area contributed by atoms with Crippen LogP contribution in [0.4, 0.5) is 4.39 Å². The molecule has 1 N–H and O–H groups in total. The smallest absolute Gasteiger partial charge is 0.281 e. The molecule has 6 nitrogen and oxygen atoms in total. The summed E-state index contributed by atoms with van der Waals surface area (Å²) in [5.41, 5.74) is 0.814. The third-order valence-electron chi connectivity index (χ3n) is 5.35. The molecule has 1 amide bonds. The van der Waals surface area contributed by atoms with Crippen LogP contribution in [0.1, 0.15) is 44.1 Å². The van der Waals surface area contributed by atoms with Crippen LogP contribution in [-0.2, 0) is 21.5 Å². The molecule has 0 aromatic heterocycles. The predicted octanol–water partition coefficient (Wildman–Crippen LogP) is 2.27. The van der Waals surface area contributed by atoms with Crippen LogP contribution in [0.5, 0.6) is 0 Å². The standard InChI is InChI=1S/C19H28FN3O3S/c20-18-9-7-16(8-10-18)14-21-19(24)17-6-5-13-23(15-17)27(25,26)22-11-3-1-2-4-12-22/h7-10,17H,1-6,11-15H2,(H,21,24)/t17-/m1/s1. The molecule has 2 fully saturated rings. The molecule has 2 aliphatic heterocycles. The summed E-state index contributed by atoms with van der Waals surface area (Å²) in [4.78, 5) is 12.5. The highest BCUT2D eigenvalue weighted by atomic mass is 32.2. The highest BCUT2D eigenvalue weighted by Gasteiger charge is 2.35. The van der Waals surface area contributed by atoms with E-state index in [0.717, 1.165) is 31.2 Å². The monoisotopic (exact) mass is 397 g/mol. The summed E-state index contributed by atoms with van der Waals surface area (Å²) in [6.07, 6.45) is 5.30. The Morgan fingerprint density at radius 2 is 1.63 bits per heavy atom. The van der Waals surface area contributed by atoms with Crippen molar-refractivity contribution in [1.82, 2.24) is 13.9 Å². The lowest BCUT2D eigenvalue weighted by Gasteiger charge is -2.34. The van der Waals surface area contributed by atoms with E-state index in [1.807, 2.05) is 0 Å². The summed E-state index contributed by atoms with van der Waals surface area (Å²) in [5, 5.41) is 2.85. The maximum atomic E-state index is 13.0. The highest BCUT2D eigenvalue weighted by molar-refractivity contribution is 7.86. The Bertz CT molecular complexity index is 731. The first-order chi connectivity index (χ1) is 13.0. The zero-order valence-corrected chi connectivity index (χ0v) is 16.4. The number of amides is 1. The molecule has 1 atom stereocenters. The summed E-state index contributed by atoms with van der Waals surface area (Å²) in [6, 6.07) is 5.98. The summed E-state index contributed by atoms with van der Waals surface area (Å²) >= 11 is 0. The van der Waals surface area contributed by atoms with E-state index in [1.165, 1.54) is 16.4 Å². The zero-order valence-electron chi connectivity index (χ0n) is 15.6. The van der Waals surface area contributed by atoms with Crippen molar-refractivity contribution in [2.24, 2.45) is 5.92 Å². The molecule has 0 saturated carbocycles. The third kappa shape index (κ3) is 5.27. The number of halogens is 1. The molecule has 2 aliphatic rings. The van der Waals surface area contributed by atoms with Gasteiger partial charge in [-0.3, -0.25) is 4.79 Å². The van der Waals surface area contributed by atoms with Crippen molar-refractivity contribution in [3.05, 3.63) is 35.6 Å². The second-order valence-electron chi connectivity index (χ2n) is 7.36. The van der Waals surface area contributed by atoms with Crippen LogP contribution >= 0.6 is 0 Å². The zero-order chi connectivity index (χ0) is 19.3. The predicted molar refractivity (Wildman–Crippen MR) is 102 cm³/mol. The van der Waals surface area contributed by atoms with Crippen LogP contribution in [-0.4, -0.2) is 49.1 Å². The quantitative estimate of drug-likeness (QED) is 0.829. The van der Waals surface area contributed by atoms with E-state index in [-0.39, 0.29) is 24.2 Å². The number of nitrogens with zero attached hydrogens (tertiary/aromatic N) is 2. The van der Waals surface area contributed by atoms with Crippen LogP contribution in [0.3, 0.4) is 0 Å². The van der Waals surface area contributed by atoms with Crippen molar-refractivity contribution in [1.29, 1.82) is 0 Å². The molecule has 0 unspecified atom stereocenters. The van der Waals surface area contributed by atoms with Gasteiger partial charge in [-0.25, -0.2) is 4.39 Å². The number of nitrogens with one attached hydrogen (secondary N) is 1. The van der Waals surface area contributed by atoms with Gasteiger partial charge in [0.25, 0.3) is 10.2 Å². The molecule has 150 valence electrons. The molecule has 0 aliphatic carbocycles. The highest BCUT2D eigenvalue weighted by Crippen LogP contribution is 2.23. The average Bonchev–Trinajstić information content (AvgIpc) is 2.97. The molecule has 1 aromatic carbocycles. The van der Waals surface area contributed by atoms with E-state index < -0.39 is 10.2 Å². The molecule has 0 radical (unpaired) electrons. The first kappa shape index (κ1) is 20.2. The molecule has 8 heteroatoms. The lowest BCUT2D eigenvalue weighted by molar-refractivity contribution is -0.126. The number of piperidine rings is 1. The maximum absolute atomic E-state index is 13.0. The van der Waals surface area contributed by atoms with Crippen molar-refractivity contribution in [2.45, 2.75) is 45.1 Å². The van der Waals surface area contributed by atoms with Crippen molar-refractivity contribution in [3.63, 3.8) is 0 Å². The molecule has 0 spiro atoms. The van der Waals surface area contributed by atoms with E-state index in [0.29, 0.717) is 39.0 Å². The van der Waals surface area contributed by atoms with Gasteiger partial charge < -0.3 is 5.32 Å². The van der Waals surface area contributed by atoms with Gasteiger partial charge in [-0.1, -0.05) is 25.0 Å². The number of carbonyl (C=O) groups is 1. The topological polar surface area (TPSA) is 69.7 Å². The number of hydrogen-bond acceptors (Lipinski definition) is 3. The van der Waals surface area contributed by atoms with Crippen LogP contribution < -0.4 is 5.32 Å². The molecule has 3 rings (SSSR count). The van der Waals surface area contributed by atoms with Gasteiger partial charge in [0, 0.05) is 32.7 Å². The van der Waals surface area contributed by atoms with E-state index in [4.69, 9.17) is 0 Å². The van der Waals surface area contributed by atoms with Gasteiger partial charge in [0.2, 0.25) is 5.91 Å². The van der Waals surface area contributed by atoms with E-state index in [9.17, 15) is 17.6 Å². The minimum atomic E-state index is -3.50. The van der Waals surface area contributed by atoms with Crippen molar-refractivity contribution in [2.75, 3.05) is 26.2 Å². The largest absolute Gasteiger partial charge is 0.352 e. The molecule has 1 aromatic rings. The van der Waals surface area contributed by atoms with E-state index >= 15 is 0 Å². The SMILES string of the molecule is O=C(NCc1ccc(F)cc1)[C@@H]1CCCN(S(=O)(=O)N2CCCCCC2)C1. The van der Waals surface area contributed by atoms with Gasteiger partial charge >= 0.3 is 0 Å². The molecule has 2 saturated heterocycles. The van der Waals surface area contributed by atoms with Crippen molar-refractivity contribution in [3.8, 4) is 0 Å². The van der Waals surface area contributed by atoms with E-state index in [2.05, 4.69) is 5.32 Å². The number of rotatable bonds is 5. The minimum Gasteiger partial charge on any atom is -0.352 e. The van der Waals surface area contributed by atoms with Crippen LogP contribution in [0.2, 0.25) is 0 Å². The molecule has 27 heavy (non-hydrogen) atoms. The lowest BCUT2D eigenvalue weighted by atomic mass is 9.99. The minimum absolute atomic E-state index is 0.143. The van der Waals surface area contributed by atoms with Crippen LogP contribution in [0.15, 0.2) is 24.3 Å². The fourth-order valence-corrected chi connectivity index (χ4v) is 5.51. The Morgan fingerprint density at radius 1 is 1.00 bits per heavy atom. The second-order valence-corrected chi connectivity index (χ2v) is 9.29. The number of benzene rings is 1. The van der Waals surface area contributed by atoms with Gasteiger partial charge in [0.15, 0.2) is 0 Å². The van der Waals surface area contributed by atoms with Gasteiger partial charge in [-0.2, -0.15) is 17.0 Å². The Balaban J connectivity index is 1.57. The van der Waals surface area contributed by atoms with Gasteiger partial charge in [-0.05, 0) is 43.4 Å². The summed E-state index contributed by atoms with van der Waals surface area (Å²) in [5.74, 6) is -0.803. The first-order valence-corrected chi connectivity index (χ1v) is 11.1. The van der Waals surface area contributed by atoms with E-state index in [1.54, 1.807) is 16.4 Å². The van der Waals surface area contributed by atoms with Crippen molar-refractivity contribution >= 4 is 16.1 Å². The summed E-state index contributed by atoms with van der Waals surface area (Å²) < 4.78 is 41.9. The number of carbonyl (C=O) groups excluding carboxylic acids is 1. The second kappa shape index (κ2) is 9.12. The lowest BCUT2D eigenvalue weighted by Crippen LogP contribution is -2.50.